The highest BCUT2D eigenvalue weighted by atomic mass is 35.5. The highest BCUT2D eigenvalue weighted by Crippen LogP contribution is 2.22. The van der Waals surface area contributed by atoms with E-state index in [1.54, 1.807) is 36.4 Å². The van der Waals surface area contributed by atoms with E-state index in [-0.39, 0.29) is 18.1 Å². The third-order valence-corrected chi connectivity index (χ3v) is 3.57. The number of nitrogens with zero attached hydrogens (tertiary/aromatic N) is 1. The monoisotopic (exact) mass is 335 g/mol. The maximum atomic E-state index is 12.1. The van der Waals surface area contributed by atoms with Crippen LogP contribution >= 0.6 is 23.2 Å². The van der Waals surface area contributed by atoms with Crippen molar-refractivity contribution in [2.45, 2.75) is 6.54 Å². The molecule has 0 saturated heterocycles. The minimum atomic E-state index is -0.342. The molecule has 1 heterocycles. The van der Waals surface area contributed by atoms with Crippen molar-refractivity contribution in [1.29, 1.82) is 0 Å². The van der Waals surface area contributed by atoms with E-state index >= 15 is 0 Å². The number of carbonyl (C=O) groups is 1. The van der Waals surface area contributed by atoms with E-state index in [1.807, 2.05) is 6.07 Å². The first-order chi connectivity index (χ1) is 10.5. The van der Waals surface area contributed by atoms with Crippen molar-refractivity contribution in [3.05, 3.63) is 63.0 Å². The number of aromatic amines is 1. The van der Waals surface area contributed by atoms with Crippen LogP contribution in [0.3, 0.4) is 0 Å². The number of aromatic nitrogens is 2. The van der Waals surface area contributed by atoms with Crippen LogP contribution in [0.5, 0.6) is 0 Å². The van der Waals surface area contributed by atoms with Crippen LogP contribution < -0.4 is 11.0 Å². The number of carbonyl (C=O) groups excluding carboxylic acids is 1. The first-order valence-corrected chi connectivity index (χ1v) is 7.22. The van der Waals surface area contributed by atoms with Crippen LogP contribution in [0.4, 0.5) is 5.69 Å². The van der Waals surface area contributed by atoms with Gasteiger partial charge in [0, 0.05) is 15.7 Å². The lowest BCUT2D eigenvalue weighted by atomic mass is 10.3. The van der Waals surface area contributed by atoms with Gasteiger partial charge >= 0.3 is 5.69 Å². The second kappa shape index (κ2) is 5.87. The van der Waals surface area contributed by atoms with Gasteiger partial charge < -0.3 is 10.3 Å². The zero-order valence-electron chi connectivity index (χ0n) is 11.3. The Morgan fingerprint density at radius 3 is 2.55 bits per heavy atom. The Hall–Kier alpha value is -2.24. The number of para-hydroxylation sites is 2. The van der Waals surface area contributed by atoms with Crippen LogP contribution in [0, 0.1) is 0 Å². The van der Waals surface area contributed by atoms with E-state index in [1.165, 1.54) is 4.57 Å². The second-order valence-electron chi connectivity index (χ2n) is 4.74. The average Bonchev–Trinajstić information content (AvgIpc) is 2.74. The summed E-state index contributed by atoms with van der Waals surface area (Å²) in [7, 11) is 0. The van der Waals surface area contributed by atoms with Crippen molar-refractivity contribution in [3.63, 3.8) is 0 Å². The summed E-state index contributed by atoms with van der Waals surface area (Å²) in [6.07, 6.45) is 0. The minimum absolute atomic E-state index is 0.104. The lowest BCUT2D eigenvalue weighted by Gasteiger charge is -2.07. The van der Waals surface area contributed by atoms with Gasteiger partial charge in [0.2, 0.25) is 5.91 Å². The Kier molecular flexibility index (Phi) is 3.92. The summed E-state index contributed by atoms with van der Waals surface area (Å²) in [6.45, 7) is -0.104. The Labute approximate surface area is 135 Å². The molecule has 7 heteroatoms. The number of benzene rings is 2. The van der Waals surface area contributed by atoms with Crippen molar-refractivity contribution in [1.82, 2.24) is 9.55 Å². The summed E-state index contributed by atoms with van der Waals surface area (Å²) in [5.74, 6) is -0.342. The van der Waals surface area contributed by atoms with Crippen LogP contribution in [0.2, 0.25) is 10.0 Å². The van der Waals surface area contributed by atoms with Crippen molar-refractivity contribution >= 4 is 45.8 Å². The number of amides is 1. The fourth-order valence-electron chi connectivity index (χ4n) is 2.23. The van der Waals surface area contributed by atoms with Gasteiger partial charge in [-0.25, -0.2) is 4.79 Å². The SMILES string of the molecule is O=C(Cn1c(=O)[nH]c2ccccc21)Nc1cc(Cl)cc(Cl)c1. The first-order valence-electron chi connectivity index (χ1n) is 6.46. The van der Waals surface area contributed by atoms with Gasteiger partial charge in [0.05, 0.1) is 11.0 Å². The minimum Gasteiger partial charge on any atom is -0.324 e. The van der Waals surface area contributed by atoms with E-state index in [4.69, 9.17) is 23.2 Å². The summed E-state index contributed by atoms with van der Waals surface area (Å²) < 4.78 is 1.37. The quantitative estimate of drug-likeness (QED) is 0.771. The number of rotatable bonds is 3. The maximum absolute atomic E-state index is 12.1. The molecule has 0 spiro atoms. The van der Waals surface area contributed by atoms with Gasteiger partial charge in [-0.1, -0.05) is 35.3 Å². The van der Waals surface area contributed by atoms with Crippen LogP contribution in [0.25, 0.3) is 11.0 Å². The second-order valence-corrected chi connectivity index (χ2v) is 5.61. The fraction of sp³-hybridized carbons (Fsp3) is 0.0667. The Morgan fingerprint density at radius 2 is 1.82 bits per heavy atom. The zero-order valence-corrected chi connectivity index (χ0v) is 12.8. The van der Waals surface area contributed by atoms with Crippen molar-refractivity contribution < 1.29 is 4.79 Å². The summed E-state index contributed by atoms with van der Waals surface area (Å²) >= 11 is 11.8. The molecule has 3 rings (SSSR count). The number of anilines is 1. The first kappa shape index (κ1) is 14.7. The molecule has 0 aliphatic carbocycles. The Morgan fingerprint density at radius 1 is 1.14 bits per heavy atom. The van der Waals surface area contributed by atoms with E-state index in [0.717, 1.165) is 0 Å². The van der Waals surface area contributed by atoms with E-state index in [9.17, 15) is 9.59 Å². The molecule has 22 heavy (non-hydrogen) atoms. The smallest absolute Gasteiger partial charge is 0.324 e. The molecule has 0 aliphatic rings. The molecule has 0 radical (unpaired) electrons. The summed E-state index contributed by atoms with van der Waals surface area (Å²) in [4.78, 5) is 26.7. The Balaban J connectivity index is 1.84. The summed E-state index contributed by atoms with van der Waals surface area (Å²) in [5, 5.41) is 3.52. The topological polar surface area (TPSA) is 66.9 Å². The number of fused-ring (bicyclic) bond motifs is 1. The lowest BCUT2D eigenvalue weighted by molar-refractivity contribution is -0.116. The van der Waals surface area contributed by atoms with E-state index in [0.29, 0.717) is 26.8 Å². The molecule has 0 bridgehead atoms. The molecule has 1 amide bonds. The standard InChI is InChI=1S/C15H11Cl2N3O2/c16-9-5-10(17)7-11(6-9)18-14(21)8-20-13-4-2-1-3-12(13)19-15(20)22/h1-7H,8H2,(H,18,21)(H,19,22). The van der Waals surface area contributed by atoms with Gasteiger partial charge in [0.25, 0.3) is 0 Å². The van der Waals surface area contributed by atoms with Gasteiger partial charge in [0.1, 0.15) is 6.54 Å². The Bertz CT molecular complexity index is 894. The van der Waals surface area contributed by atoms with Gasteiger partial charge in [0.15, 0.2) is 0 Å². The van der Waals surface area contributed by atoms with Crippen molar-refractivity contribution in [2.24, 2.45) is 0 Å². The molecule has 112 valence electrons. The highest BCUT2D eigenvalue weighted by molar-refractivity contribution is 6.35. The number of imidazole rings is 1. The molecular weight excluding hydrogens is 325 g/mol. The lowest BCUT2D eigenvalue weighted by Crippen LogP contribution is -2.25. The molecule has 5 nitrogen and oxygen atoms in total. The largest absolute Gasteiger partial charge is 0.326 e. The molecule has 0 saturated carbocycles. The van der Waals surface area contributed by atoms with Gasteiger partial charge in [-0.05, 0) is 30.3 Å². The molecule has 0 fully saturated rings. The normalized spacial score (nSPS) is 10.8. The molecule has 2 aromatic carbocycles. The molecule has 1 aromatic heterocycles. The van der Waals surface area contributed by atoms with Crippen molar-refractivity contribution in [3.8, 4) is 0 Å². The van der Waals surface area contributed by atoms with Crippen LogP contribution in [-0.2, 0) is 11.3 Å². The fourth-order valence-corrected chi connectivity index (χ4v) is 2.76. The molecular formula is C15H11Cl2N3O2. The molecule has 0 unspecified atom stereocenters. The summed E-state index contributed by atoms with van der Waals surface area (Å²) in [6, 6.07) is 11.9. The van der Waals surface area contributed by atoms with E-state index in [2.05, 4.69) is 10.3 Å². The van der Waals surface area contributed by atoms with Crippen LogP contribution in [0.1, 0.15) is 0 Å². The molecule has 0 aliphatic heterocycles. The van der Waals surface area contributed by atoms with Gasteiger partial charge in [-0.3, -0.25) is 9.36 Å². The van der Waals surface area contributed by atoms with Crippen molar-refractivity contribution in [2.75, 3.05) is 5.32 Å². The highest BCUT2D eigenvalue weighted by Gasteiger charge is 2.11. The predicted octanol–water partition coefficient (Wildman–Crippen LogP) is 3.28. The molecule has 3 aromatic rings. The van der Waals surface area contributed by atoms with Crippen LogP contribution in [0.15, 0.2) is 47.3 Å². The average molecular weight is 336 g/mol. The predicted molar refractivity (Wildman–Crippen MR) is 87.7 cm³/mol. The van der Waals surface area contributed by atoms with E-state index < -0.39 is 0 Å². The van der Waals surface area contributed by atoms with Gasteiger partial charge in [-0.2, -0.15) is 0 Å². The number of hydrogen-bond acceptors (Lipinski definition) is 2. The third kappa shape index (κ3) is 3.00. The number of nitrogens with one attached hydrogen (secondary N) is 2. The summed E-state index contributed by atoms with van der Waals surface area (Å²) in [5.41, 5.74) is 1.51. The zero-order chi connectivity index (χ0) is 15.7. The number of hydrogen-bond donors (Lipinski definition) is 2. The third-order valence-electron chi connectivity index (χ3n) is 3.13. The number of halogens is 2. The van der Waals surface area contributed by atoms with Crippen LogP contribution in [-0.4, -0.2) is 15.5 Å². The maximum Gasteiger partial charge on any atom is 0.326 e. The molecule has 2 N–H and O–H groups in total. The molecule has 0 atom stereocenters. The number of H-pyrrole nitrogens is 1. The van der Waals surface area contributed by atoms with Gasteiger partial charge in [-0.15, -0.1) is 0 Å².